The minimum atomic E-state index is -4.46. The van der Waals surface area contributed by atoms with Crippen LogP contribution in [0.3, 0.4) is 0 Å². The summed E-state index contributed by atoms with van der Waals surface area (Å²) in [6.45, 7) is 5.63. The Morgan fingerprint density at radius 3 is 2.26 bits per heavy atom. The van der Waals surface area contributed by atoms with Crippen LogP contribution in [-0.2, 0) is 12.6 Å². The number of carbonyl (C=O) groups is 1. The zero-order chi connectivity index (χ0) is 27.9. The summed E-state index contributed by atoms with van der Waals surface area (Å²) in [4.78, 5) is 18.0. The predicted molar refractivity (Wildman–Crippen MR) is 145 cm³/mol. The van der Waals surface area contributed by atoms with Gasteiger partial charge in [-0.3, -0.25) is 4.79 Å². The van der Waals surface area contributed by atoms with Gasteiger partial charge in [-0.05, 0) is 62.2 Å². The molecule has 0 spiro atoms. The average molecular weight is 533 g/mol. The minimum Gasteiger partial charge on any atom is -0.497 e. The number of pyridine rings is 1. The highest BCUT2D eigenvalue weighted by Gasteiger charge is 2.31. The van der Waals surface area contributed by atoms with E-state index >= 15 is 0 Å². The first-order valence-electron chi connectivity index (χ1n) is 12.4. The maximum Gasteiger partial charge on any atom is 0.416 e. The molecule has 2 aromatic heterocycles. The van der Waals surface area contributed by atoms with E-state index in [0.29, 0.717) is 45.2 Å². The van der Waals surface area contributed by atoms with E-state index in [-0.39, 0.29) is 17.3 Å². The molecule has 3 aromatic carbocycles. The molecule has 0 aliphatic rings. The zero-order valence-electron chi connectivity index (χ0n) is 21.9. The van der Waals surface area contributed by atoms with Crippen LogP contribution in [0.5, 0.6) is 5.75 Å². The third kappa shape index (κ3) is 5.32. The lowest BCUT2D eigenvalue weighted by Gasteiger charge is -2.20. The Morgan fingerprint density at radius 1 is 0.949 bits per heavy atom. The predicted octanol–water partition coefficient (Wildman–Crippen LogP) is 7.79. The molecule has 1 amide bonds. The van der Waals surface area contributed by atoms with E-state index in [1.807, 2.05) is 51.1 Å². The Bertz CT molecular complexity index is 1670. The summed E-state index contributed by atoms with van der Waals surface area (Å²) in [5.74, 6) is 0.721. The van der Waals surface area contributed by atoms with E-state index in [4.69, 9.17) is 9.15 Å². The summed E-state index contributed by atoms with van der Waals surface area (Å²) in [6, 6.07) is 19.9. The van der Waals surface area contributed by atoms with E-state index in [2.05, 4.69) is 10.3 Å². The first-order chi connectivity index (χ1) is 18.4. The molecule has 0 radical (unpaired) electrons. The first-order valence-corrected chi connectivity index (χ1v) is 12.4. The van der Waals surface area contributed by atoms with Gasteiger partial charge in [-0.25, -0.2) is 4.98 Å². The number of ether oxygens (including phenoxy) is 1. The van der Waals surface area contributed by atoms with Gasteiger partial charge in [0.25, 0.3) is 5.91 Å². The maximum atomic E-state index is 13.3. The zero-order valence-corrected chi connectivity index (χ0v) is 21.9. The van der Waals surface area contributed by atoms with Crippen molar-refractivity contribution in [2.24, 2.45) is 0 Å². The molecule has 2 heterocycles. The van der Waals surface area contributed by atoms with Crippen LogP contribution in [0.4, 0.5) is 13.2 Å². The Kier molecular flexibility index (Phi) is 6.58. The number of nitrogens with one attached hydrogen (secondary N) is 1. The van der Waals surface area contributed by atoms with Gasteiger partial charge in [0, 0.05) is 28.3 Å². The molecule has 5 rings (SSSR count). The van der Waals surface area contributed by atoms with E-state index in [1.54, 1.807) is 25.3 Å². The Hall–Kier alpha value is -4.33. The van der Waals surface area contributed by atoms with E-state index in [1.165, 1.54) is 12.1 Å². The number of amides is 1. The van der Waals surface area contributed by atoms with Crippen LogP contribution in [-0.4, -0.2) is 23.5 Å². The Balaban J connectivity index is 1.82. The van der Waals surface area contributed by atoms with Crippen LogP contribution in [0.2, 0.25) is 0 Å². The van der Waals surface area contributed by atoms with Gasteiger partial charge in [0.2, 0.25) is 5.71 Å². The van der Waals surface area contributed by atoms with Gasteiger partial charge in [-0.1, -0.05) is 42.5 Å². The lowest BCUT2D eigenvalue weighted by molar-refractivity contribution is -0.137. The lowest BCUT2D eigenvalue weighted by atomic mass is 9.95. The van der Waals surface area contributed by atoms with Crippen LogP contribution in [0, 0.1) is 0 Å². The number of halogens is 3. The molecule has 1 N–H and O–H groups in total. The largest absolute Gasteiger partial charge is 0.497 e. The summed E-state index contributed by atoms with van der Waals surface area (Å²) in [6.07, 6.45) is -4.08. The van der Waals surface area contributed by atoms with Crippen LogP contribution in [0.1, 0.15) is 48.1 Å². The molecule has 39 heavy (non-hydrogen) atoms. The number of benzene rings is 3. The summed E-state index contributed by atoms with van der Waals surface area (Å²) < 4.78 is 51.8. The molecule has 0 fully saturated rings. The second-order valence-corrected chi connectivity index (χ2v) is 10.4. The molecular weight excluding hydrogens is 505 g/mol. The molecule has 0 bridgehead atoms. The van der Waals surface area contributed by atoms with Crippen molar-refractivity contribution in [1.82, 2.24) is 10.3 Å². The molecule has 0 saturated heterocycles. The average Bonchev–Trinajstić information content (AvgIpc) is 3.25. The summed E-state index contributed by atoms with van der Waals surface area (Å²) in [7, 11) is 1.54. The fourth-order valence-corrected chi connectivity index (χ4v) is 4.63. The van der Waals surface area contributed by atoms with Crippen molar-refractivity contribution >= 4 is 27.8 Å². The van der Waals surface area contributed by atoms with Crippen LogP contribution >= 0.6 is 0 Å². The number of hydrogen-bond acceptors (Lipinski definition) is 4. The molecule has 8 heteroatoms. The standard InChI is InChI=1S/C31H27F3N2O3/c1-30(2,3)36-28(37)27-22-15-14-21(38-4)17-23(22)26-25(19-10-12-20(13-11-19)31(32,33)34)24(39-29(26)35-27)16-18-8-6-5-7-9-18/h5-15,17H,16H2,1-4H3,(H,36,37). The van der Waals surface area contributed by atoms with E-state index < -0.39 is 17.3 Å². The fraction of sp³-hybridized carbons (Fsp3) is 0.226. The number of nitrogens with zero attached hydrogens (tertiary/aromatic N) is 1. The van der Waals surface area contributed by atoms with Gasteiger partial charge >= 0.3 is 6.18 Å². The van der Waals surface area contributed by atoms with Crippen molar-refractivity contribution in [3.63, 3.8) is 0 Å². The molecule has 200 valence electrons. The minimum absolute atomic E-state index is 0.189. The number of carbonyl (C=O) groups excluding carboxylic acids is 1. The smallest absolute Gasteiger partial charge is 0.416 e. The normalized spacial score (nSPS) is 12.2. The van der Waals surface area contributed by atoms with E-state index in [9.17, 15) is 18.0 Å². The third-order valence-electron chi connectivity index (χ3n) is 6.34. The maximum absolute atomic E-state index is 13.3. The Morgan fingerprint density at radius 2 is 1.64 bits per heavy atom. The van der Waals surface area contributed by atoms with Crippen molar-refractivity contribution in [2.45, 2.75) is 38.9 Å². The van der Waals surface area contributed by atoms with Crippen LogP contribution < -0.4 is 10.1 Å². The monoisotopic (exact) mass is 532 g/mol. The Labute approximate surface area is 223 Å². The molecule has 0 saturated carbocycles. The van der Waals surface area contributed by atoms with Crippen molar-refractivity contribution < 1.29 is 27.1 Å². The topological polar surface area (TPSA) is 64.4 Å². The van der Waals surface area contributed by atoms with Gasteiger partial charge in [-0.15, -0.1) is 0 Å². The third-order valence-corrected chi connectivity index (χ3v) is 6.34. The number of hydrogen-bond donors (Lipinski definition) is 1. The van der Waals surface area contributed by atoms with Gasteiger partial charge in [0.15, 0.2) is 0 Å². The number of rotatable bonds is 5. The molecule has 0 aliphatic carbocycles. The molecule has 0 unspecified atom stereocenters. The van der Waals surface area contributed by atoms with Gasteiger partial charge < -0.3 is 14.5 Å². The van der Waals surface area contributed by atoms with Crippen molar-refractivity contribution in [3.8, 4) is 16.9 Å². The summed E-state index contributed by atoms with van der Waals surface area (Å²) in [5, 5.41) is 4.78. The number of methoxy groups -OCH3 is 1. The van der Waals surface area contributed by atoms with Crippen molar-refractivity contribution in [1.29, 1.82) is 0 Å². The molecule has 0 aliphatic heterocycles. The second kappa shape index (κ2) is 9.76. The fourth-order valence-electron chi connectivity index (χ4n) is 4.63. The van der Waals surface area contributed by atoms with Crippen molar-refractivity contribution in [2.75, 3.05) is 7.11 Å². The van der Waals surface area contributed by atoms with Gasteiger partial charge in [-0.2, -0.15) is 13.2 Å². The number of fused-ring (bicyclic) bond motifs is 3. The molecule has 5 aromatic rings. The quantitative estimate of drug-likeness (QED) is 0.251. The first kappa shape index (κ1) is 26.3. The summed E-state index contributed by atoms with van der Waals surface area (Å²) >= 11 is 0. The highest BCUT2D eigenvalue weighted by atomic mass is 19.4. The number of furan rings is 1. The second-order valence-electron chi connectivity index (χ2n) is 10.4. The van der Waals surface area contributed by atoms with Crippen molar-refractivity contribution in [3.05, 3.63) is 95.4 Å². The number of aromatic nitrogens is 1. The molecule has 5 nitrogen and oxygen atoms in total. The van der Waals surface area contributed by atoms with Crippen LogP contribution in [0.15, 0.2) is 77.2 Å². The summed E-state index contributed by atoms with van der Waals surface area (Å²) in [5.41, 5.74) is 1.29. The number of alkyl halides is 3. The highest BCUT2D eigenvalue weighted by Crippen LogP contribution is 2.42. The van der Waals surface area contributed by atoms with Gasteiger partial charge in [0.1, 0.15) is 17.2 Å². The lowest BCUT2D eigenvalue weighted by Crippen LogP contribution is -2.41. The van der Waals surface area contributed by atoms with E-state index in [0.717, 1.165) is 17.7 Å². The highest BCUT2D eigenvalue weighted by molar-refractivity contribution is 6.18. The van der Waals surface area contributed by atoms with Crippen LogP contribution in [0.25, 0.3) is 33.0 Å². The van der Waals surface area contributed by atoms with Gasteiger partial charge in [0.05, 0.1) is 18.1 Å². The molecule has 0 atom stereocenters. The SMILES string of the molecule is COc1ccc2c(C(=O)NC(C)(C)C)nc3oc(Cc4ccccc4)c(-c4ccc(C(F)(F)F)cc4)c3c2c1. The molecular formula is C31H27F3N2O3.